The van der Waals surface area contributed by atoms with Crippen LogP contribution in [0.3, 0.4) is 0 Å². The van der Waals surface area contributed by atoms with Crippen molar-refractivity contribution in [1.82, 2.24) is 0 Å². The quantitative estimate of drug-likeness (QED) is 0.584. The third-order valence-corrected chi connectivity index (χ3v) is 4.98. The Morgan fingerprint density at radius 1 is 1.17 bits per heavy atom. The van der Waals surface area contributed by atoms with Gasteiger partial charge in [0.2, 0.25) is 0 Å². The highest BCUT2D eigenvalue weighted by molar-refractivity contribution is 9.10. The molecule has 0 radical (unpaired) electrons. The van der Waals surface area contributed by atoms with Crippen LogP contribution in [0.5, 0.6) is 0 Å². The standard InChI is InChI=1S/C13H8BrCl2FS/c14-13-8(2-1-3-11(13)17)7-18-12-6-9(15)4-5-10(12)16/h1-6H,7H2. The first-order valence-electron chi connectivity index (χ1n) is 5.08. The Kier molecular flexibility index (Phi) is 4.96. The first-order valence-corrected chi connectivity index (χ1v) is 7.62. The second-order valence-corrected chi connectivity index (χ2v) is 6.23. The maximum atomic E-state index is 13.3. The van der Waals surface area contributed by atoms with Gasteiger partial charge in [-0.3, -0.25) is 0 Å². The van der Waals surface area contributed by atoms with Gasteiger partial charge in [0.25, 0.3) is 0 Å². The van der Waals surface area contributed by atoms with Crippen molar-refractivity contribution in [2.75, 3.05) is 0 Å². The zero-order valence-electron chi connectivity index (χ0n) is 9.09. The predicted octanol–water partition coefficient (Wildman–Crippen LogP) is 6.19. The number of benzene rings is 2. The van der Waals surface area contributed by atoms with Gasteiger partial charge in [-0.25, -0.2) is 4.39 Å². The summed E-state index contributed by atoms with van der Waals surface area (Å²) in [6.07, 6.45) is 0. The number of halogens is 4. The highest BCUT2D eigenvalue weighted by atomic mass is 79.9. The minimum Gasteiger partial charge on any atom is -0.206 e. The molecule has 0 saturated carbocycles. The van der Waals surface area contributed by atoms with Crippen LogP contribution in [0.2, 0.25) is 10.0 Å². The number of hydrogen-bond acceptors (Lipinski definition) is 1. The lowest BCUT2D eigenvalue weighted by atomic mass is 10.2. The van der Waals surface area contributed by atoms with Crippen molar-refractivity contribution in [3.8, 4) is 0 Å². The van der Waals surface area contributed by atoms with Crippen molar-refractivity contribution in [3.63, 3.8) is 0 Å². The summed E-state index contributed by atoms with van der Waals surface area (Å²) in [4.78, 5) is 0.889. The molecule has 0 spiro atoms. The van der Waals surface area contributed by atoms with E-state index in [0.29, 0.717) is 20.3 Å². The summed E-state index contributed by atoms with van der Waals surface area (Å²) in [7, 11) is 0. The van der Waals surface area contributed by atoms with Crippen LogP contribution in [0.15, 0.2) is 45.8 Å². The largest absolute Gasteiger partial charge is 0.206 e. The van der Waals surface area contributed by atoms with E-state index in [4.69, 9.17) is 23.2 Å². The summed E-state index contributed by atoms with van der Waals surface area (Å²) < 4.78 is 13.8. The lowest BCUT2D eigenvalue weighted by Gasteiger charge is -2.07. The van der Waals surface area contributed by atoms with Crippen molar-refractivity contribution in [2.45, 2.75) is 10.6 Å². The van der Waals surface area contributed by atoms with Crippen molar-refractivity contribution in [2.24, 2.45) is 0 Å². The summed E-state index contributed by atoms with van der Waals surface area (Å²) in [6, 6.07) is 10.3. The molecule has 0 saturated heterocycles. The van der Waals surface area contributed by atoms with E-state index in [1.54, 1.807) is 18.2 Å². The Hall–Kier alpha value is -0.220. The Bertz CT molecular complexity index is 573. The van der Waals surface area contributed by atoms with Crippen LogP contribution in [0.4, 0.5) is 4.39 Å². The molecule has 0 atom stereocenters. The maximum Gasteiger partial charge on any atom is 0.137 e. The van der Waals surface area contributed by atoms with Gasteiger partial charge in [0.15, 0.2) is 0 Å². The first-order chi connectivity index (χ1) is 8.58. The molecule has 5 heteroatoms. The van der Waals surface area contributed by atoms with Crippen molar-refractivity contribution >= 4 is 50.9 Å². The van der Waals surface area contributed by atoms with Gasteiger partial charge in [-0.2, -0.15) is 0 Å². The van der Waals surface area contributed by atoms with E-state index in [2.05, 4.69) is 15.9 Å². The number of hydrogen-bond donors (Lipinski definition) is 0. The Morgan fingerprint density at radius 3 is 2.72 bits per heavy atom. The second-order valence-electron chi connectivity index (χ2n) is 3.58. The second kappa shape index (κ2) is 6.29. The van der Waals surface area contributed by atoms with E-state index in [9.17, 15) is 4.39 Å². The van der Waals surface area contributed by atoms with Crippen LogP contribution in [-0.2, 0) is 5.75 Å². The van der Waals surface area contributed by atoms with Crippen LogP contribution >= 0.6 is 50.9 Å². The first kappa shape index (κ1) is 14.2. The van der Waals surface area contributed by atoms with Gasteiger partial charge in [-0.1, -0.05) is 35.3 Å². The minimum absolute atomic E-state index is 0.259. The maximum absolute atomic E-state index is 13.3. The predicted molar refractivity (Wildman–Crippen MR) is 80.1 cm³/mol. The van der Waals surface area contributed by atoms with Gasteiger partial charge in [0.05, 0.1) is 9.50 Å². The van der Waals surface area contributed by atoms with E-state index in [0.717, 1.165) is 10.5 Å². The molecule has 2 rings (SSSR count). The molecule has 0 heterocycles. The molecule has 0 aliphatic rings. The van der Waals surface area contributed by atoms with Gasteiger partial charge < -0.3 is 0 Å². The molecular formula is C13H8BrCl2FS. The average molecular weight is 366 g/mol. The lowest BCUT2D eigenvalue weighted by Crippen LogP contribution is -1.87. The zero-order chi connectivity index (χ0) is 13.1. The highest BCUT2D eigenvalue weighted by Gasteiger charge is 2.07. The van der Waals surface area contributed by atoms with E-state index in [-0.39, 0.29) is 5.82 Å². The molecule has 0 aliphatic carbocycles. The zero-order valence-corrected chi connectivity index (χ0v) is 13.0. The van der Waals surface area contributed by atoms with Gasteiger partial charge in [0, 0.05) is 15.7 Å². The molecule has 0 unspecified atom stereocenters. The third kappa shape index (κ3) is 3.41. The molecule has 94 valence electrons. The van der Waals surface area contributed by atoms with Crippen LogP contribution < -0.4 is 0 Å². The molecule has 0 amide bonds. The summed E-state index contributed by atoms with van der Waals surface area (Å²) in [5, 5.41) is 1.29. The highest BCUT2D eigenvalue weighted by Crippen LogP contribution is 2.34. The summed E-state index contributed by atoms with van der Waals surface area (Å²) in [5.74, 6) is 0.364. The Labute approximate surface area is 128 Å². The average Bonchev–Trinajstić information content (AvgIpc) is 2.35. The van der Waals surface area contributed by atoms with E-state index in [1.165, 1.54) is 17.8 Å². The van der Waals surface area contributed by atoms with E-state index >= 15 is 0 Å². The smallest absolute Gasteiger partial charge is 0.137 e. The monoisotopic (exact) mass is 364 g/mol. The third-order valence-electron chi connectivity index (χ3n) is 2.31. The van der Waals surface area contributed by atoms with Crippen LogP contribution in [0.1, 0.15) is 5.56 Å². The van der Waals surface area contributed by atoms with Gasteiger partial charge in [0.1, 0.15) is 5.82 Å². The molecule has 2 aromatic carbocycles. The number of thioether (sulfide) groups is 1. The van der Waals surface area contributed by atoms with Crippen molar-refractivity contribution < 1.29 is 4.39 Å². The Morgan fingerprint density at radius 2 is 1.94 bits per heavy atom. The topological polar surface area (TPSA) is 0 Å². The molecule has 0 nitrogen and oxygen atoms in total. The summed E-state index contributed by atoms with van der Waals surface area (Å²) >= 11 is 16.7. The van der Waals surface area contributed by atoms with E-state index < -0.39 is 0 Å². The normalized spacial score (nSPS) is 10.7. The fraction of sp³-hybridized carbons (Fsp3) is 0.0769. The lowest BCUT2D eigenvalue weighted by molar-refractivity contribution is 0.619. The summed E-state index contributed by atoms with van der Waals surface area (Å²) in [6.45, 7) is 0. The van der Waals surface area contributed by atoms with Crippen molar-refractivity contribution in [3.05, 3.63) is 62.3 Å². The molecule has 0 N–H and O–H groups in total. The van der Waals surface area contributed by atoms with Gasteiger partial charge in [-0.15, -0.1) is 11.8 Å². The molecule has 0 bridgehead atoms. The van der Waals surface area contributed by atoms with Crippen molar-refractivity contribution in [1.29, 1.82) is 0 Å². The van der Waals surface area contributed by atoms with Crippen LogP contribution in [0.25, 0.3) is 0 Å². The molecular weight excluding hydrogens is 358 g/mol. The Balaban J connectivity index is 2.16. The molecule has 18 heavy (non-hydrogen) atoms. The summed E-state index contributed by atoms with van der Waals surface area (Å²) in [5.41, 5.74) is 0.885. The van der Waals surface area contributed by atoms with Crippen LogP contribution in [-0.4, -0.2) is 0 Å². The van der Waals surface area contributed by atoms with Gasteiger partial charge in [-0.05, 0) is 45.8 Å². The molecule has 2 aromatic rings. The van der Waals surface area contributed by atoms with Gasteiger partial charge >= 0.3 is 0 Å². The SMILES string of the molecule is Fc1cccc(CSc2cc(Cl)ccc2Cl)c1Br. The fourth-order valence-corrected chi connectivity index (χ4v) is 3.48. The number of rotatable bonds is 3. The molecule has 0 aromatic heterocycles. The fourth-order valence-electron chi connectivity index (χ4n) is 1.40. The molecule has 0 fully saturated rings. The van der Waals surface area contributed by atoms with Crippen LogP contribution in [0, 0.1) is 5.82 Å². The minimum atomic E-state index is -0.259. The molecule has 0 aliphatic heterocycles. The van der Waals surface area contributed by atoms with E-state index in [1.807, 2.05) is 12.1 Å².